The number of ether oxygens (including phenoxy) is 2. The molecule has 0 bridgehead atoms. The summed E-state index contributed by atoms with van der Waals surface area (Å²) in [7, 11) is 3.25. The highest BCUT2D eigenvalue weighted by Gasteiger charge is 2.06. The van der Waals surface area contributed by atoms with E-state index < -0.39 is 0 Å². The second-order valence-electron chi connectivity index (χ2n) is 5.81. The van der Waals surface area contributed by atoms with Gasteiger partial charge in [-0.05, 0) is 43.2 Å². The maximum atomic E-state index is 13.7. The second kappa shape index (κ2) is 9.65. The van der Waals surface area contributed by atoms with Crippen LogP contribution < -0.4 is 20.1 Å². The van der Waals surface area contributed by atoms with Crippen molar-refractivity contribution < 1.29 is 13.9 Å². The van der Waals surface area contributed by atoms with Crippen LogP contribution in [0.25, 0.3) is 0 Å². The highest BCUT2D eigenvalue weighted by molar-refractivity contribution is 5.79. The van der Waals surface area contributed by atoms with Crippen LogP contribution in [0.1, 0.15) is 23.6 Å². The van der Waals surface area contributed by atoms with Crippen molar-refractivity contribution >= 4 is 5.96 Å². The predicted molar refractivity (Wildman–Crippen MR) is 102 cm³/mol. The standard InChI is InChI=1S/C20H26FN3O2/c1-5-22-20(23-12-15-7-6-14(2)18(21)10-15)24-13-16-8-9-17(25-3)11-19(16)26-4/h6-11H,5,12-13H2,1-4H3,(H2,22,23,24). The van der Waals surface area contributed by atoms with Gasteiger partial charge in [-0.3, -0.25) is 0 Å². The van der Waals surface area contributed by atoms with Crippen LogP contribution in [0, 0.1) is 12.7 Å². The number of methoxy groups -OCH3 is 2. The summed E-state index contributed by atoms with van der Waals surface area (Å²) in [5.74, 6) is 1.94. The van der Waals surface area contributed by atoms with E-state index in [1.807, 2.05) is 31.2 Å². The minimum atomic E-state index is -0.210. The van der Waals surface area contributed by atoms with E-state index >= 15 is 0 Å². The number of nitrogens with one attached hydrogen (secondary N) is 2. The minimum Gasteiger partial charge on any atom is -0.497 e. The van der Waals surface area contributed by atoms with Crippen LogP contribution in [0.3, 0.4) is 0 Å². The van der Waals surface area contributed by atoms with Gasteiger partial charge < -0.3 is 20.1 Å². The predicted octanol–water partition coefficient (Wildman–Crippen LogP) is 3.41. The molecular weight excluding hydrogens is 333 g/mol. The molecular formula is C20H26FN3O2. The number of guanidine groups is 1. The Morgan fingerprint density at radius 1 is 1.08 bits per heavy atom. The van der Waals surface area contributed by atoms with Gasteiger partial charge in [0, 0.05) is 24.7 Å². The molecule has 0 aliphatic heterocycles. The monoisotopic (exact) mass is 359 g/mol. The van der Waals surface area contributed by atoms with Gasteiger partial charge in [-0.15, -0.1) is 0 Å². The van der Waals surface area contributed by atoms with E-state index in [1.54, 1.807) is 27.2 Å². The largest absolute Gasteiger partial charge is 0.497 e. The molecule has 0 saturated heterocycles. The Morgan fingerprint density at radius 2 is 1.88 bits per heavy atom. The van der Waals surface area contributed by atoms with E-state index in [9.17, 15) is 4.39 Å². The van der Waals surface area contributed by atoms with E-state index in [1.165, 1.54) is 6.07 Å². The Kier molecular flexibility index (Phi) is 7.26. The number of benzene rings is 2. The summed E-state index contributed by atoms with van der Waals surface area (Å²) in [6.07, 6.45) is 0. The fourth-order valence-corrected chi connectivity index (χ4v) is 2.42. The average Bonchev–Trinajstić information content (AvgIpc) is 2.66. The van der Waals surface area contributed by atoms with Gasteiger partial charge in [-0.2, -0.15) is 0 Å². The first-order valence-corrected chi connectivity index (χ1v) is 8.55. The van der Waals surface area contributed by atoms with Gasteiger partial charge in [0.25, 0.3) is 0 Å². The van der Waals surface area contributed by atoms with Crippen molar-refractivity contribution in [2.75, 3.05) is 20.8 Å². The first-order valence-electron chi connectivity index (χ1n) is 8.55. The molecule has 2 aromatic carbocycles. The number of hydrogen-bond acceptors (Lipinski definition) is 3. The molecule has 2 N–H and O–H groups in total. The van der Waals surface area contributed by atoms with Crippen LogP contribution in [0.2, 0.25) is 0 Å². The number of rotatable bonds is 7. The normalized spacial score (nSPS) is 11.2. The number of aryl methyl sites for hydroxylation is 1. The topological polar surface area (TPSA) is 54.9 Å². The summed E-state index contributed by atoms with van der Waals surface area (Å²) in [5, 5.41) is 6.46. The molecule has 0 aliphatic rings. The van der Waals surface area contributed by atoms with Crippen LogP contribution in [0.4, 0.5) is 4.39 Å². The molecule has 0 heterocycles. The second-order valence-corrected chi connectivity index (χ2v) is 5.81. The fourth-order valence-electron chi connectivity index (χ4n) is 2.42. The molecule has 0 amide bonds. The lowest BCUT2D eigenvalue weighted by atomic mass is 10.1. The molecule has 0 aromatic heterocycles. The van der Waals surface area contributed by atoms with Crippen LogP contribution in [-0.4, -0.2) is 26.7 Å². The molecule has 0 fully saturated rings. The summed E-state index contributed by atoms with van der Waals surface area (Å²) in [5.41, 5.74) is 2.45. The van der Waals surface area contributed by atoms with Crippen LogP contribution in [-0.2, 0) is 13.1 Å². The van der Waals surface area contributed by atoms with Crippen molar-refractivity contribution in [3.05, 3.63) is 58.9 Å². The quantitative estimate of drug-likeness (QED) is 0.588. The summed E-state index contributed by atoms with van der Waals surface area (Å²) in [6, 6.07) is 10.9. The molecule has 0 unspecified atom stereocenters. The third kappa shape index (κ3) is 5.37. The van der Waals surface area contributed by atoms with Crippen molar-refractivity contribution in [1.82, 2.24) is 10.6 Å². The van der Waals surface area contributed by atoms with E-state index in [-0.39, 0.29) is 5.82 Å². The van der Waals surface area contributed by atoms with Gasteiger partial charge in [-0.1, -0.05) is 12.1 Å². The van der Waals surface area contributed by atoms with Gasteiger partial charge in [0.05, 0.1) is 20.8 Å². The summed E-state index contributed by atoms with van der Waals surface area (Å²) < 4.78 is 24.3. The van der Waals surface area contributed by atoms with Crippen molar-refractivity contribution in [3.8, 4) is 11.5 Å². The molecule has 6 heteroatoms. The first-order chi connectivity index (χ1) is 12.6. The SMILES string of the molecule is CCNC(=NCc1ccc(C)c(F)c1)NCc1ccc(OC)cc1OC. The first kappa shape index (κ1) is 19.6. The lowest BCUT2D eigenvalue weighted by Gasteiger charge is -2.14. The molecule has 26 heavy (non-hydrogen) atoms. The van der Waals surface area contributed by atoms with E-state index in [0.29, 0.717) is 24.6 Å². The number of hydrogen-bond donors (Lipinski definition) is 2. The Hall–Kier alpha value is -2.76. The highest BCUT2D eigenvalue weighted by atomic mass is 19.1. The maximum Gasteiger partial charge on any atom is 0.191 e. The van der Waals surface area contributed by atoms with Crippen LogP contribution in [0.15, 0.2) is 41.4 Å². The molecule has 0 radical (unpaired) electrons. The van der Waals surface area contributed by atoms with E-state index in [4.69, 9.17) is 9.47 Å². The lowest BCUT2D eigenvalue weighted by Crippen LogP contribution is -2.36. The zero-order valence-corrected chi connectivity index (χ0v) is 15.7. The molecule has 0 saturated carbocycles. The van der Waals surface area contributed by atoms with Crippen molar-refractivity contribution in [1.29, 1.82) is 0 Å². The summed E-state index contributed by atoms with van der Waals surface area (Å²) in [4.78, 5) is 4.52. The van der Waals surface area contributed by atoms with Crippen molar-refractivity contribution in [3.63, 3.8) is 0 Å². The molecule has 0 spiro atoms. The van der Waals surface area contributed by atoms with Gasteiger partial charge in [0.2, 0.25) is 0 Å². The van der Waals surface area contributed by atoms with E-state index in [2.05, 4.69) is 15.6 Å². The zero-order chi connectivity index (χ0) is 18.9. The molecule has 2 rings (SSSR count). The minimum absolute atomic E-state index is 0.210. The Labute approximate surface area is 154 Å². The van der Waals surface area contributed by atoms with Crippen molar-refractivity contribution in [2.45, 2.75) is 26.9 Å². The van der Waals surface area contributed by atoms with Gasteiger partial charge in [-0.25, -0.2) is 9.38 Å². The third-order valence-corrected chi connectivity index (χ3v) is 3.94. The van der Waals surface area contributed by atoms with E-state index in [0.717, 1.165) is 29.2 Å². The number of halogens is 1. The van der Waals surface area contributed by atoms with Crippen molar-refractivity contribution in [2.24, 2.45) is 4.99 Å². The molecule has 0 atom stereocenters. The molecule has 5 nitrogen and oxygen atoms in total. The van der Waals surface area contributed by atoms with Gasteiger partial charge >= 0.3 is 0 Å². The molecule has 2 aromatic rings. The molecule has 0 aliphatic carbocycles. The van der Waals surface area contributed by atoms with Crippen LogP contribution in [0.5, 0.6) is 11.5 Å². The number of nitrogens with zero attached hydrogens (tertiary/aromatic N) is 1. The number of aliphatic imine (C=N–C) groups is 1. The average molecular weight is 359 g/mol. The summed E-state index contributed by atoms with van der Waals surface area (Å²) >= 11 is 0. The summed E-state index contributed by atoms with van der Waals surface area (Å²) in [6.45, 7) is 5.41. The fraction of sp³-hybridized carbons (Fsp3) is 0.350. The Balaban J connectivity index is 2.06. The Morgan fingerprint density at radius 3 is 2.54 bits per heavy atom. The highest BCUT2D eigenvalue weighted by Crippen LogP contribution is 2.24. The third-order valence-electron chi connectivity index (χ3n) is 3.94. The lowest BCUT2D eigenvalue weighted by molar-refractivity contribution is 0.390. The smallest absolute Gasteiger partial charge is 0.191 e. The molecule has 140 valence electrons. The Bertz CT molecular complexity index is 763. The zero-order valence-electron chi connectivity index (χ0n) is 15.7. The van der Waals surface area contributed by atoms with Gasteiger partial charge in [0.15, 0.2) is 5.96 Å². The van der Waals surface area contributed by atoms with Crippen LogP contribution >= 0.6 is 0 Å². The van der Waals surface area contributed by atoms with Gasteiger partial charge in [0.1, 0.15) is 17.3 Å². The maximum absolute atomic E-state index is 13.7.